The van der Waals surface area contributed by atoms with E-state index in [0.717, 1.165) is 22.3 Å². The van der Waals surface area contributed by atoms with Crippen molar-refractivity contribution in [3.63, 3.8) is 0 Å². The molecule has 0 aliphatic carbocycles. The van der Waals surface area contributed by atoms with Gasteiger partial charge in [0, 0.05) is 7.05 Å². The summed E-state index contributed by atoms with van der Waals surface area (Å²) in [6.07, 6.45) is 0.346. The van der Waals surface area contributed by atoms with E-state index >= 15 is 0 Å². The van der Waals surface area contributed by atoms with Crippen molar-refractivity contribution in [3.05, 3.63) is 63.5 Å². The van der Waals surface area contributed by atoms with Crippen LogP contribution in [0.1, 0.15) is 49.9 Å². The molecule has 2 N–H and O–H groups in total. The van der Waals surface area contributed by atoms with Crippen LogP contribution in [0, 0.1) is 19.7 Å². The second-order valence-electron chi connectivity index (χ2n) is 6.87. The van der Waals surface area contributed by atoms with Crippen molar-refractivity contribution in [1.82, 2.24) is 10.6 Å². The van der Waals surface area contributed by atoms with Crippen molar-refractivity contribution >= 4 is 11.8 Å². The number of benzene rings is 2. The normalized spacial score (nSPS) is 16.0. The van der Waals surface area contributed by atoms with E-state index in [0.29, 0.717) is 24.3 Å². The van der Waals surface area contributed by atoms with Gasteiger partial charge in [-0.1, -0.05) is 6.07 Å². The molecule has 2 aromatic rings. The van der Waals surface area contributed by atoms with E-state index in [1.807, 2.05) is 26.8 Å². The third kappa shape index (κ3) is 3.65. The molecule has 1 atom stereocenters. The highest BCUT2D eigenvalue weighted by Gasteiger charge is 2.24. The SMILES string of the molecule is CNC(=O)c1ccc(Cc2cc3c(c(C)c2C)O[C@H](C)CNC3=O)cc1F. The van der Waals surface area contributed by atoms with E-state index in [2.05, 4.69) is 10.6 Å². The monoisotopic (exact) mass is 370 g/mol. The van der Waals surface area contributed by atoms with Gasteiger partial charge in [-0.15, -0.1) is 0 Å². The predicted molar refractivity (Wildman–Crippen MR) is 101 cm³/mol. The molecule has 142 valence electrons. The van der Waals surface area contributed by atoms with Crippen molar-refractivity contribution in [2.45, 2.75) is 33.3 Å². The molecule has 0 spiro atoms. The van der Waals surface area contributed by atoms with E-state index < -0.39 is 11.7 Å². The Morgan fingerprint density at radius 2 is 2.04 bits per heavy atom. The third-order valence-corrected chi connectivity index (χ3v) is 4.96. The zero-order chi connectivity index (χ0) is 19.7. The fourth-order valence-electron chi connectivity index (χ4n) is 3.25. The van der Waals surface area contributed by atoms with Crippen LogP contribution in [0.25, 0.3) is 0 Å². The second kappa shape index (κ2) is 7.39. The van der Waals surface area contributed by atoms with E-state index in [9.17, 15) is 14.0 Å². The molecule has 2 aromatic carbocycles. The summed E-state index contributed by atoms with van der Waals surface area (Å²) in [5.41, 5.74) is 4.08. The Balaban J connectivity index is 1.99. The van der Waals surface area contributed by atoms with Gasteiger partial charge in [0.15, 0.2) is 0 Å². The number of amides is 2. The summed E-state index contributed by atoms with van der Waals surface area (Å²) in [6.45, 7) is 6.26. The van der Waals surface area contributed by atoms with Gasteiger partial charge in [-0.3, -0.25) is 9.59 Å². The number of rotatable bonds is 3. The summed E-state index contributed by atoms with van der Waals surface area (Å²) in [7, 11) is 1.46. The number of hydrogen-bond acceptors (Lipinski definition) is 3. The average Bonchev–Trinajstić information content (AvgIpc) is 2.78. The average molecular weight is 370 g/mol. The first-order valence-corrected chi connectivity index (χ1v) is 8.90. The standard InChI is InChI=1S/C21H23FN2O3/c1-11-10-24-21(26)17-9-15(12(2)13(3)19(17)27-11)7-14-5-6-16(18(22)8-14)20(25)23-4/h5-6,8-9,11H,7,10H2,1-4H3,(H,23,25)(H,24,26)/t11-/m1/s1. The Hall–Kier alpha value is -2.89. The van der Waals surface area contributed by atoms with Crippen molar-refractivity contribution in [2.24, 2.45) is 0 Å². The molecule has 5 nitrogen and oxygen atoms in total. The quantitative estimate of drug-likeness (QED) is 0.873. The number of hydrogen-bond donors (Lipinski definition) is 2. The summed E-state index contributed by atoms with van der Waals surface area (Å²) in [4.78, 5) is 24.1. The Bertz CT molecular complexity index is 924. The highest BCUT2D eigenvalue weighted by Crippen LogP contribution is 2.32. The minimum Gasteiger partial charge on any atom is -0.488 e. The van der Waals surface area contributed by atoms with Crippen LogP contribution in [0.4, 0.5) is 4.39 Å². The summed E-state index contributed by atoms with van der Waals surface area (Å²) >= 11 is 0. The fraction of sp³-hybridized carbons (Fsp3) is 0.333. The Morgan fingerprint density at radius 3 is 2.70 bits per heavy atom. The van der Waals surface area contributed by atoms with Crippen LogP contribution < -0.4 is 15.4 Å². The van der Waals surface area contributed by atoms with Gasteiger partial charge >= 0.3 is 0 Å². The largest absolute Gasteiger partial charge is 0.488 e. The maximum Gasteiger partial charge on any atom is 0.255 e. The minimum atomic E-state index is -0.564. The summed E-state index contributed by atoms with van der Waals surface area (Å²) in [5, 5.41) is 5.27. The molecule has 1 heterocycles. The molecule has 2 amide bonds. The van der Waals surface area contributed by atoms with Crippen LogP contribution in [-0.4, -0.2) is 31.5 Å². The van der Waals surface area contributed by atoms with Crippen molar-refractivity contribution in [1.29, 1.82) is 0 Å². The topological polar surface area (TPSA) is 67.4 Å². The zero-order valence-electron chi connectivity index (χ0n) is 15.9. The van der Waals surface area contributed by atoms with Gasteiger partial charge in [0.25, 0.3) is 11.8 Å². The van der Waals surface area contributed by atoms with Crippen molar-refractivity contribution in [2.75, 3.05) is 13.6 Å². The maximum atomic E-state index is 14.3. The number of nitrogens with one attached hydrogen (secondary N) is 2. The number of ether oxygens (including phenoxy) is 1. The molecule has 27 heavy (non-hydrogen) atoms. The van der Waals surface area contributed by atoms with Crippen LogP contribution in [-0.2, 0) is 6.42 Å². The lowest BCUT2D eigenvalue weighted by Gasteiger charge is -2.18. The Morgan fingerprint density at radius 1 is 1.30 bits per heavy atom. The summed E-state index contributed by atoms with van der Waals surface area (Å²) < 4.78 is 20.2. The van der Waals surface area contributed by atoms with E-state index in [4.69, 9.17) is 4.74 Å². The van der Waals surface area contributed by atoms with Gasteiger partial charge < -0.3 is 15.4 Å². The summed E-state index contributed by atoms with van der Waals surface area (Å²) in [5.74, 6) is -0.579. The van der Waals surface area contributed by atoms with E-state index in [1.54, 1.807) is 6.07 Å². The Kier molecular flexibility index (Phi) is 5.17. The summed E-state index contributed by atoms with van der Waals surface area (Å²) in [6, 6.07) is 6.39. The van der Waals surface area contributed by atoms with E-state index in [-0.39, 0.29) is 17.6 Å². The maximum absolute atomic E-state index is 14.3. The lowest BCUT2D eigenvalue weighted by atomic mass is 9.93. The molecule has 6 heteroatoms. The highest BCUT2D eigenvalue weighted by molar-refractivity contribution is 5.98. The van der Waals surface area contributed by atoms with Gasteiger partial charge in [-0.25, -0.2) is 4.39 Å². The number of halogens is 1. The van der Waals surface area contributed by atoms with Crippen LogP contribution in [0.5, 0.6) is 5.75 Å². The van der Waals surface area contributed by atoms with Gasteiger partial charge in [0.2, 0.25) is 0 Å². The van der Waals surface area contributed by atoms with Crippen LogP contribution >= 0.6 is 0 Å². The molecule has 0 radical (unpaired) electrons. The van der Waals surface area contributed by atoms with E-state index in [1.165, 1.54) is 19.2 Å². The first-order chi connectivity index (χ1) is 12.8. The van der Waals surface area contributed by atoms with Crippen LogP contribution in [0.2, 0.25) is 0 Å². The van der Waals surface area contributed by atoms with Gasteiger partial charge in [0.1, 0.15) is 17.7 Å². The van der Waals surface area contributed by atoms with Crippen molar-refractivity contribution < 1.29 is 18.7 Å². The van der Waals surface area contributed by atoms with Crippen molar-refractivity contribution in [3.8, 4) is 5.75 Å². The molecule has 0 saturated carbocycles. The fourth-order valence-corrected chi connectivity index (χ4v) is 3.25. The van der Waals surface area contributed by atoms with Crippen LogP contribution in [0.15, 0.2) is 24.3 Å². The van der Waals surface area contributed by atoms with Gasteiger partial charge in [0.05, 0.1) is 17.7 Å². The molecule has 1 aliphatic heterocycles. The molecule has 0 saturated heterocycles. The number of fused-ring (bicyclic) bond motifs is 1. The minimum absolute atomic E-state index is 0.0119. The zero-order valence-corrected chi connectivity index (χ0v) is 15.9. The van der Waals surface area contributed by atoms with Gasteiger partial charge in [-0.2, -0.15) is 0 Å². The smallest absolute Gasteiger partial charge is 0.255 e. The first-order valence-electron chi connectivity index (χ1n) is 8.90. The van der Waals surface area contributed by atoms with Crippen LogP contribution in [0.3, 0.4) is 0 Å². The molecule has 0 unspecified atom stereocenters. The molecule has 0 aromatic heterocycles. The Labute approximate surface area is 157 Å². The lowest BCUT2D eigenvalue weighted by molar-refractivity contribution is 0.0947. The molecular formula is C21H23FN2O3. The molecule has 0 fully saturated rings. The molecule has 1 aliphatic rings. The highest BCUT2D eigenvalue weighted by atomic mass is 19.1. The first kappa shape index (κ1) is 18.9. The second-order valence-corrected chi connectivity index (χ2v) is 6.87. The lowest BCUT2D eigenvalue weighted by Crippen LogP contribution is -2.29. The number of carbonyl (C=O) groups excluding carboxylic acids is 2. The third-order valence-electron chi connectivity index (χ3n) is 4.96. The molecule has 3 rings (SSSR count). The molecular weight excluding hydrogens is 347 g/mol. The molecule has 0 bridgehead atoms. The predicted octanol–water partition coefficient (Wildman–Crippen LogP) is 2.90. The van der Waals surface area contributed by atoms with Gasteiger partial charge in [-0.05, 0) is 67.6 Å². The number of carbonyl (C=O) groups is 2.